The molecule has 0 saturated heterocycles. The molecule has 1 aliphatic heterocycles. The van der Waals surface area contributed by atoms with Crippen molar-refractivity contribution in [2.24, 2.45) is 4.99 Å². The fourth-order valence-electron chi connectivity index (χ4n) is 2.91. The molecule has 2 aromatic carbocycles. The van der Waals surface area contributed by atoms with Crippen LogP contribution < -0.4 is 4.90 Å². The first kappa shape index (κ1) is 39.8. The molecule has 0 fully saturated rings. The molecule has 0 radical (unpaired) electrons. The maximum Gasteiger partial charge on any atom is 0.490 e. The normalized spacial score (nSPS) is 14.1. The molecule has 0 aromatic heterocycles. The van der Waals surface area contributed by atoms with Crippen LogP contribution in [0.1, 0.15) is 17.5 Å². The van der Waals surface area contributed by atoms with Gasteiger partial charge < -0.3 is 25.3 Å². The van der Waals surface area contributed by atoms with E-state index in [-0.39, 0.29) is 6.42 Å². The van der Waals surface area contributed by atoms with Crippen LogP contribution in [0.4, 0.5) is 45.2 Å². The maximum atomic E-state index is 12.3. The molecular formula is C25H21F9N2O9. The van der Waals surface area contributed by atoms with E-state index in [1.807, 2.05) is 59.5 Å². The molecule has 4 N–H and O–H groups in total. The number of anilines is 1. The van der Waals surface area contributed by atoms with Crippen molar-refractivity contribution in [3.05, 3.63) is 65.7 Å². The minimum Gasteiger partial charge on any atom is -0.481 e. The van der Waals surface area contributed by atoms with Crippen LogP contribution in [0.15, 0.2) is 59.6 Å². The minimum absolute atomic E-state index is 0.265. The number of carbonyl (C=O) groups is 5. The molecule has 45 heavy (non-hydrogen) atoms. The summed E-state index contributed by atoms with van der Waals surface area (Å²) in [6.07, 6.45) is -13.3. The third-order valence-electron chi connectivity index (χ3n) is 4.82. The van der Waals surface area contributed by atoms with Gasteiger partial charge in [0.15, 0.2) is 0 Å². The monoisotopic (exact) mass is 664 g/mol. The van der Waals surface area contributed by atoms with Crippen molar-refractivity contribution in [1.82, 2.24) is 0 Å². The molecular weight excluding hydrogens is 643 g/mol. The Morgan fingerprint density at radius 2 is 1.09 bits per heavy atom. The molecule has 1 heterocycles. The summed E-state index contributed by atoms with van der Waals surface area (Å²) in [7, 11) is 0. The van der Waals surface area contributed by atoms with E-state index < -0.39 is 54.4 Å². The summed E-state index contributed by atoms with van der Waals surface area (Å²) < 4.78 is 95.2. The van der Waals surface area contributed by atoms with Crippen LogP contribution in [-0.2, 0) is 30.4 Å². The number of aliphatic imine (C=N–C) groups is 1. The van der Waals surface area contributed by atoms with Gasteiger partial charge in [-0.1, -0.05) is 48.5 Å². The number of para-hydroxylation sites is 1. The average molecular weight is 664 g/mol. The van der Waals surface area contributed by atoms with Gasteiger partial charge in [0.05, 0.1) is 6.42 Å². The lowest BCUT2D eigenvalue weighted by Gasteiger charge is -2.30. The first-order chi connectivity index (χ1) is 20.5. The molecule has 2 aromatic rings. The number of nitrogens with zero attached hydrogens (tertiary/aromatic N) is 2. The highest BCUT2D eigenvalue weighted by Crippen LogP contribution is 2.26. The number of rotatable bonds is 5. The zero-order valence-electron chi connectivity index (χ0n) is 22.1. The molecule has 0 saturated carbocycles. The van der Waals surface area contributed by atoms with Gasteiger partial charge in [-0.15, -0.1) is 0 Å². The van der Waals surface area contributed by atoms with Crippen molar-refractivity contribution in [2.45, 2.75) is 37.4 Å². The molecule has 1 atom stereocenters. The average Bonchev–Trinajstić information content (AvgIpc) is 3.03. The van der Waals surface area contributed by atoms with Crippen LogP contribution >= 0.6 is 0 Å². The molecule has 1 unspecified atom stereocenters. The summed E-state index contributed by atoms with van der Waals surface area (Å²) in [6, 6.07) is 16.7. The Kier molecular flexibility index (Phi) is 15.2. The van der Waals surface area contributed by atoms with Crippen LogP contribution in [0.5, 0.6) is 0 Å². The van der Waals surface area contributed by atoms with Crippen molar-refractivity contribution < 1.29 is 83.9 Å². The first-order valence-corrected chi connectivity index (χ1v) is 11.6. The lowest BCUT2D eigenvalue weighted by Crippen LogP contribution is -2.43. The number of hydrogen-bond acceptors (Lipinski definition) is 6. The van der Waals surface area contributed by atoms with E-state index >= 15 is 0 Å². The Hall–Kier alpha value is -5.17. The Labute approximate surface area is 245 Å². The number of benzodiazepines with no additional fused rings is 1. The fourth-order valence-corrected chi connectivity index (χ4v) is 2.91. The summed E-state index contributed by atoms with van der Waals surface area (Å²) >= 11 is 0. The third-order valence-corrected chi connectivity index (χ3v) is 4.82. The van der Waals surface area contributed by atoms with E-state index in [2.05, 4.69) is 4.99 Å². The molecule has 1 aliphatic rings. The number of carboxylic acids is 4. The van der Waals surface area contributed by atoms with E-state index in [0.29, 0.717) is 6.54 Å². The molecule has 1 amide bonds. The Balaban J connectivity index is 0.000000753. The van der Waals surface area contributed by atoms with Gasteiger partial charge in [0.1, 0.15) is 6.04 Å². The Morgan fingerprint density at radius 1 is 0.689 bits per heavy atom. The van der Waals surface area contributed by atoms with Crippen LogP contribution in [0.3, 0.4) is 0 Å². The topological polar surface area (TPSA) is 182 Å². The summed E-state index contributed by atoms with van der Waals surface area (Å²) in [5.74, 6) is -9.69. The first-order valence-electron chi connectivity index (χ1n) is 11.6. The molecule has 11 nitrogen and oxygen atoms in total. The fraction of sp³-hybridized carbons (Fsp3) is 0.280. The van der Waals surface area contributed by atoms with Crippen LogP contribution in [-0.4, -0.2) is 87.5 Å². The second-order valence-electron chi connectivity index (χ2n) is 8.11. The van der Waals surface area contributed by atoms with E-state index in [0.717, 1.165) is 23.2 Å². The van der Waals surface area contributed by atoms with Crippen LogP contribution in [0.2, 0.25) is 0 Å². The number of alkyl halides is 9. The van der Waals surface area contributed by atoms with Gasteiger partial charge in [0.25, 0.3) is 5.91 Å². The molecule has 0 spiro atoms. The minimum atomic E-state index is -5.08. The lowest BCUT2D eigenvalue weighted by atomic mass is 10.1. The largest absolute Gasteiger partial charge is 0.490 e. The molecule has 3 rings (SSSR count). The Bertz CT molecular complexity index is 1290. The van der Waals surface area contributed by atoms with E-state index in [1.165, 1.54) is 6.21 Å². The van der Waals surface area contributed by atoms with E-state index in [4.69, 9.17) is 29.7 Å². The number of halogens is 9. The van der Waals surface area contributed by atoms with Crippen LogP contribution in [0, 0.1) is 0 Å². The SMILES string of the molecule is O=C(O)C(F)(F)F.O=C(O)C(F)(F)F.O=C(O)C(F)(F)F.O=C(O)CC1C(=O)N=Cc2ccccc2N1CCc1ccccc1. The maximum absolute atomic E-state index is 12.3. The second-order valence-corrected chi connectivity index (χ2v) is 8.11. The van der Waals surface area contributed by atoms with Gasteiger partial charge in [-0.3, -0.25) is 9.59 Å². The number of carbonyl (C=O) groups excluding carboxylic acids is 1. The van der Waals surface area contributed by atoms with Crippen molar-refractivity contribution in [3.63, 3.8) is 0 Å². The predicted octanol–water partition coefficient (Wildman–Crippen LogP) is 4.44. The van der Waals surface area contributed by atoms with Gasteiger partial charge in [-0.05, 0) is 18.1 Å². The summed E-state index contributed by atoms with van der Waals surface area (Å²) in [5, 5.41) is 30.6. The summed E-state index contributed by atoms with van der Waals surface area (Å²) in [6.45, 7) is 0.550. The second kappa shape index (κ2) is 17.2. The number of amides is 1. The zero-order valence-corrected chi connectivity index (χ0v) is 22.1. The number of hydrogen-bond donors (Lipinski definition) is 4. The van der Waals surface area contributed by atoms with Crippen molar-refractivity contribution in [3.8, 4) is 0 Å². The number of fused-ring (bicyclic) bond motifs is 1. The highest BCUT2D eigenvalue weighted by atomic mass is 19.4. The highest BCUT2D eigenvalue weighted by Gasteiger charge is 2.39. The highest BCUT2D eigenvalue weighted by molar-refractivity contribution is 6.03. The third kappa shape index (κ3) is 15.7. The number of aliphatic carboxylic acids is 4. The molecule has 248 valence electrons. The zero-order chi connectivity index (χ0) is 35.2. The van der Waals surface area contributed by atoms with Gasteiger partial charge in [-0.25, -0.2) is 19.4 Å². The van der Waals surface area contributed by atoms with Crippen LogP contribution in [0.25, 0.3) is 0 Å². The predicted molar refractivity (Wildman–Crippen MR) is 134 cm³/mol. The van der Waals surface area contributed by atoms with Gasteiger partial charge >= 0.3 is 42.4 Å². The van der Waals surface area contributed by atoms with E-state index in [1.54, 1.807) is 0 Å². The summed E-state index contributed by atoms with van der Waals surface area (Å²) in [4.78, 5) is 56.1. The van der Waals surface area contributed by atoms with Crippen molar-refractivity contribution in [1.29, 1.82) is 0 Å². The van der Waals surface area contributed by atoms with Crippen molar-refractivity contribution in [2.75, 3.05) is 11.4 Å². The molecule has 0 aliphatic carbocycles. The Morgan fingerprint density at radius 3 is 1.49 bits per heavy atom. The summed E-state index contributed by atoms with van der Waals surface area (Å²) in [5.41, 5.74) is 2.81. The molecule has 0 bridgehead atoms. The smallest absolute Gasteiger partial charge is 0.481 e. The van der Waals surface area contributed by atoms with Gasteiger partial charge in [-0.2, -0.15) is 39.5 Å². The van der Waals surface area contributed by atoms with Gasteiger partial charge in [0.2, 0.25) is 0 Å². The number of carboxylic acid groups (broad SMARTS) is 4. The molecule has 20 heteroatoms. The van der Waals surface area contributed by atoms with Gasteiger partial charge in [0, 0.05) is 24.0 Å². The standard InChI is InChI=1S/C19H18N2O3.3C2HF3O2/c22-18(23)12-17-19(24)20-13-15-8-4-5-9-16(15)21(17)11-10-14-6-2-1-3-7-14;3*3-2(4,5)1(6)7/h1-9,13,17H,10-12H2,(H,22,23);3*(H,6,7). The quantitative estimate of drug-likeness (QED) is 0.334. The van der Waals surface area contributed by atoms with E-state index in [9.17, 15) is 54.2 Å². The number of benzene rings is 2. The van der Waals surface area contributed by atoms with Crippen molar-refractivity contribution >= 4 is 41.7 Å². The lowest BCUT2D eigenvalue weighted by molar-refractivity contribution is -0.193.